The summed E-state index contributed by atoms with van der Waals surface area (Å²) in [5, 5.41) is 11.6. The van der Waals surface area contributed by atoms with Crippen molar-refractivity contribution in [1.82, 2.24) is 0 Å². The van der Waals surface area contributed by atoms with Gasteiger partial charge in [0.2, 0.25) is 0 Å². The quantitative estimate of drug-likeness (QED) is 0.494. The Morgan fingerprint density at radius 1 is 1.17 bits per heavy atom. The predicted molar refractivity (Wildman–Crippen MR) is 89.1 cm³/mol. The van der Waals surface area contributed by atoms with Crippen LogP contribution in [-0.4, -0.2) is 5.97 Å². The predicted octanol–water partition coefficient (Wildman–Crippen LogP) is 3.59. The number of ether oxygens (including phenoxy) is 1. The molecule has 0 radical (unpaired) electrons. The monoisotopic (exact) mass is 313 g/mol. The van der Waals surface area contributed by atoms with Crippen LogP contribution >= 0.6 is 0 Å². The molecule has 2 aromatic rings. The van der Waals surface area contributed by atoms with Crippen LogP contribution < -0.4 is 4.73 Å². The zero-order valence-corrected chi connectivity index (χ0v) is 14.3. The summed E-state index contributed by atoms with van der Waals surface area (Å²) in [5.74, 6) is -0.612. The Labute approximate surface area is 137 Å². The van der Waals surface area contributed by atoms with Crippen molar-refractivity contribution >= 4 is 5.97 Å². The van der Waals surface area contributed by atoms with E-state index in [1.807, 2.05) is 13.8 Å². The minimum absolute atomic E-state index is 0.00545. The van der Waals surface area contributed by atoms with E-state index < -0.39 is 5.97 Å². The van der Waals surface area contributed by atoms with Crippen molar-refractivity contribution in [1.29, 1.82) is 0 Å². The molecular formula is C19H23NO3. The van der Waals surface area contributed by atoms with E-state index in [4.69, 9.17) is 4.74 Å². The van der Waals surface area contributed by atoms with Gasteiger partial charge in [-0.3, -0.25) is 0 Å². The van der Waals surface area contributed by atoms with Crippen molar-refractivity contribution in [3.8, 4) is 0 Å². The van der Waals surface area contributed by atoms with E-state index in [9.17, 15) is 10.0 Å². The number of rotatable bonds is 3. The first-order valence-corrected chi connectivity index (χ1v) is 7.66. The second kappa shape index (κ2) is 6.41. The molecule has 0 saturated heterocycles. The molecular weight excluding hydrogens is 290 g/mol. The molecule has 1 heterocycles. The number of pyridine rings is 1. The van der Waals surface area contributed by atoms with Gasteiger partial charge in [0, 0.05) is 12.1 Å². The Morgan fingerprint density at radius 2 is 1.78 bits per heavy atom. The van der Waals surface area contributed by atoms with Crippen LogP contribution in [0.25, 0.3) is 0 Å². The second-order valence-corrected chi connectivity index (χ2v) is 6.83. The van der Waals surface area contributed by atoms with E-state index in [0.717, 1.165) is 16.7 Å². The van der Waals surface area contributed by atoms with Crippen LogP contribution in [-0.2, 0) is 16.8 Å². The molecule has 0 aliphatic heterocycles. The highest BCUT2D eigenvalue weighted by Crippen LogP contribution is 2.27. The number of esters is 1. The highest BCUT2D eigenvalue weighted by molar-refractivity contribution is 5.85. The lowest BCUT2D eigenvalue weighted by Crippen LogP contribution is -2.34. The molecule has 0 spiro atoms. The first-order chi connectivity index (χ1) is 10.7. The largest absolute Gasteiger partial charge is 0.618 e. The lowest BCUT2D eigenvalue weighted by Gasteiger charge is -2.22. The van der Waals surface area contributed by atoms with E-state index >= 15 is 0 Å². The Balaban J connectivity index is 2.18. The SMILES string of the molecule is Cc1cc(C(C)(C)C)cc(C)c1COC(=O)c1cccc[n+]1[O-]. The van der Waals surface area contributed by atoms with Crippen LogP contribution in [0.2, 0.25) is 0 Å². The van der Waals surface area contributed by atoms with Gasteiger partial charge in [-0.2, -0.15) is 4.73 Å². The fraction of sp³-hybridized carbons (Fsp3) is 0.368. The van der Waals surface area contributed by atoms with Gasteiger partial charge in [-0.25, -0.2) is 4.79 Å². The number of benzene rings is 1. The van der Waals surface area contributed by atoms with Gasteiger partial charge in [0.25, 0.3) is 0 Å². The van der Waals surface area contributed by atoms with E-state index in [-0.39, 0.29) is 17.7 Å². The highest BCUT2D eigenvalue weighted by Gasteiger charge is 2.19. The summed E-state index contributed by atoms with van der Waals surface area (Å²) < 4.78 is 5.84. The number of aromatic nitrogens is 1. The van der Waals surface area contributed by atoms with E-state index in [1.165, 1.54) is 17.8 Å². The third kappa shape index (κ3) is 3.89. The van der Waals surface area contributed by atoms with Crippen molar-refractivity contribution in [3.05, 3.63) is 69.7 Å². The summed E-state index contributed by atoms with van der Waals surface area (Å²) in [6.07, 6.45) is 1.28. The fourth-order valence-electron chi connectivity index (χ4n) is 2.45. The average Bonchev–Trinajstić information content (AvgIpc) is 2.45. The summed E-state index contributed by atoms with van der Waals surface area (Å²) in [6.45, 7) is 10.7. The molecule has 1 aromatic heterocycles. The van der Waals surface area contributed by atoms with E-state index in [0.29, 0.717) is 4.73 Å². The van der Waals surface area contributed by atoms with E-state index in [1.54, 1.807) is 12.1 Å². The average molecular weight is 313 g/mol. The van der Waals surface area contributed by atoms with Gasteiger partial charge in [0.15, 0.2) is 6.20 Å². The first kappa shape index (κ1) is 17.0. The lowest BCUT2D eigenvalue weighted by atomic mass is 9.84. The molecule has 4 nitrogen and oxygen atoms in total. The van der Waals surface area contributed by atoms with Gasteiger partial charge in [-0.1, -0.05) is 32.9 Å². The molecule has 0 amide bonds. The lowest BCUT2D eigenvalue weighted by molar-refractivity contribution is -0.608. The van der Waals surface area contributed by atoms with Crippen LogP contribution in [0, 0.1) is 19.1 Å². The molecule has 122 valence electrons. The van der Waals surface area contributed by atoms with Crippen LogP contribution in [0.15, 0.2) is 36.5 Å². The molecule has 2 rings (SSSR count). The third-order valence-corrected chi connectivity index (χ3v) is 3.94. The maximum atomic E-state index is 12.0. The molecule has 0 bridgehead atoms. The molecule has 1 aromatic carbocycles. The molecule has 0 aliphatic carbocycles. The van der Waals surface area contributed by atoms with Gasteiger partial charge in [0.05, 0.1) is 0 Å². The maximum Gasteiger partial charge on any atom is 0.405 e. The zero-order chi connectivity index (χ0) is 17.2. The minimum Gasteiger partial charge on any atom is -0.618 e. The van der Waals surface area contributed by atoms with Gasteiger partial charge in [-0.05, 0) is 47.6 Å². The van der Waals surface area contributed by atoms with Gasteiger partial charge in [-0.15, -0.1) is 0 Å². The number of nitrogens with zero attached hydrogens (tertiary/aromatic N) is 1. The Morgan fingerprint density at radius 3 is 2.30 bits per heavy atom. The number of hydrogen-bond acceptors (Lipinski definition) is 3. The number of carbonyl (C=O) groups is 1. The second-order valence-electron chi connectivity index (χ2n) is 6.83. The van der Waals surface area contributed by atoms with Crippen LogP contribution in [0.4, 0.5) is 0 Å². The molecule has 0 N–H and O–H groups in total. The molecule has 0 atom stereocenters. The van der Waals surface area contributed by atoms with Crippen LogP contribution in [0.3, 0.4) is 0 Å². The van der Waals surface area contributed by atoms with Crippen LogP contribution in [0.1, 0.15) is 53.5 Å². The van der Waals surface area contributed by atoms with Gasteiger partial charge < -0.3 is 9.94 Å². The normalized spacial score (nSPS) is 11.3. The summed E-state index contributed by atoms with van der Waals surface area (Å²) in [5.41, 5.74) is 4.48. The van der Waals surface area contributed by atoms with Crippen molar-refractivity contribution in [2.24, 2.45) is 0 Å². The number of carbonyl (C=O) groups excluding carboxylic acids is 1. The van der Waals surface area contributed by atoms with Crippen molar-refractivity contribution in [3.63, 3.8) is 0 Å². The molecule has 23 heavy (non-hydrogen) atoms. The number of hydrogen-bond donors (Lipinski definition) is 0. The van der Waals surface area contributed by atoms with Crippen molar-refractivity contribution in [2.75, 3.05) is 0 Å². The summed E-state index contributed by atoms with van der Waals surface area (Å²) in [6, 6.07) is 8.93. The first-order valence-electron chi connectivity index (χ1n) is 7.66. The highest BCUT2D eigenvalue weighted by atomic mass is 16.5. The molecule has 0 saturated carbocycles. The summed E-state index contributed by atoms with van der Waals surface area (Å²) in [4.78, 5) is 12.0. The molecule has 0 aliphatic rings. The Bertz CT molecular complexity index is 707. The maximum absolute atomic E-state index is 12.0. The zero-order valence-electron chi connectivity index (χ0n) is 14.3. The minimum atomic E-state index is -0.612. The van der Waals surface area contributed by atoms with E-state index in [2.05, 4.69) is 32.9 Å². The Hall–Kier alpha value is -2.36. The summed E-state index contributed by atoms with van der Waals surface area (Å²) >= 11 is 0. The van der Waals surface area contributed by atoms with Crippen LogP contribution in [0.5, 0.6) is 0 Å². The Kier molecular flexibility index (Phi) is 4.73. The smallest absolute Gasteiger partial charge is 0.405 e. The molecule has 0 unspecified atom stereocenters. The summed E-state index contributed by atoms with van der Waals surface area (Å²) in [7, 11) is 0. The van der Waals surface area contributed by atoms with Crippen molar-refractivity contribution < 1.29 is 14.3 Å². The third-order valence-electron chi connectivity index (χ3n) is 3.94. The fourth-order valence-corrected chi connectivity index (χ4v) is 2.45. The van der Waals surface area contributed by atoms with Crippen molar-refractivity contribution in [2.45, 2.75) is 46.6 Å². The number of aryl methyl sites for hydroxylation is 2. The standard InChI is InChI=1S/C19H23NO3/c1-13-10-15(19(3,4)5)11-14(2)16(13)12-23-18(21)17-8-6-7-9-20(17)22/h6-11H,12H2,1-5H3. The topological polar surface area (TPSA) is 53.2 Å². The molecule has 0 fully saturated rings. The molecule has 4 heteroatoms. The van der Waals surface area contributed by atoms with Gasteiger partial charge >= 0.3 is 11.7 Å². The van der Waals surface area contributed by atoms with Gasteiger partial charge in [0.1, 0.15) is 6.61 Å².